The standard InChI is InChI=1S/C12H15N3O2/c1-6-9-7-14-10(8-13-9)15(5)11(16)17-12(2,3)4/h1,7-8H,2-5H3. The second-order valence-corrected chi connectivity index (χ2v) is 4.44. The van der Waals surface area contributed by atoms with Crippen molar-refractivity contribution < 1.29 is 9.53 Å². The molecule has 0 aromatic carbocycles. The van der Waals surface area contributed by atoms with Crippen LogP contribution >= 0.6 is 0 Å². The zero-order chi connectivity index (χ0) is 13.1. The summed E-state index contributed by atoms with van der Waals surface area (Å²) in [5, 5.41) is 0. The Kier molecular flexibility index (Phi) is 3.69. The molecule has 0 atom stereocenters. The monoisotopic (exact) mass is 233 g/mol. The Bertz CT molecular complexity index is 440. The van der Waals surface area contributed by atoms with Crippen LogP contribution in [0.1, 0.15) is 26.5 Å². The maximum Gasteiger partial charge on any atom is 0.415 e. The predicted octanol–water partition coefficient (Wildman–Crippen LogP) is 1.83. The molecule has 0 saturated carbocycles. The molecule has 90 valence electrons. The highest BCUT2D eigenvalue weighted by atomic mass is 16.6. The molecule has 0 saturated heterocycles. The number of carbonyl (C=O) groups excluding carboxylic acids is 1. The van der Waals surface area contributed by atoms with Gasteiger partial charge < -0.3 is 4.74 Å². The van der Waals surface area contributed by atoms with E-state index in [2.05, 4.69) is 15.9 Å². The minimum atomic E-state index is -0.544. The lowest BCUT2D eigenvalue weighted by molar-refractivity contribution is 0.0588. The van der Waals surface area contributed by atoms with E-state index in [1.54, 1.807) is 27.8 Å². The SMILES string of the molecule is C#Cc1cnc(N(C)C(=O)OC(C)(C)C)cn1. The Hall–Kier alpha value is -2.09. The van der Waals surface area contributed by atoms with E-state index in [1.165, 1.54) is 17.3 Å². The lowest BCUT2D eigenvalue weighted by Crippen LogP contribution is -2.34. The smallest absolute Gasteiger partial charge is 0.415 e. The molecule has 1 heterocycles. The van der Waals surface area contributed by atoms with Gasteiger partial charge in [0.05, 0.1) is 12.4 Å². The average Bonchev–Trinajstić information content (AvgIpc) is 2.26. The molecule has 0 radical (unpaired) electrons. The molecule has 0 aliphatic rings. The average molecular weight is 233 g/mol. The van der Waals surface area contributed by atoms with Gasteiger partial charge in [0, 0.05) is 7.05 Å². The summed E-state index contributed by atoms with van der Waals surface area (Å²) < 4.78 is 5.19. The van der Waals surface area contributed by atoms with E-state index >= 15 is 0 Å². The van der Waals surface area contributed by atoms with E-state index < -0.39 is 11.7 Å². The van der Waals surface area contributed by atoms with Crippen molar-refractivity contribution in [3.8, 4) is 12.3 Å². The van der Waals surface area contributed by atoms with Crippen molar-refractivity contribution in [2.75, 3.05) is 11.9 Å². The maximum atomic E-state index is 11.7. The topological polar surface area (TPSA) is 55.3 Å². The van der Waals surface area contributed by atoms with Gasteiger partial charge in [-0.25, -0.2) is 14.8 Å². The number of terminal acetylenes is 1. The summed E-state index contributed by atoms with van der Waals surface area (Å²) in [6.07, 6.45) is 7.53. The normalized spacial score (nSPS) is 10.5. The fourth-order valence-electron chi connectivity index (χ4n) is 0.993. The zero-order valence-corrected chi connectivity index (χ0v) is 10.4. The molecule has 1 rings (SSSR count). The zero-order valence-electron chi connectivity index (χ0n) is 10.4. The highest BCUT2D eigenvalue weighted by Gasteiger charge is 2.21. The summed E-state index contributed by atoms with van der Waals surface area (Å²) in [5.74, 6) is 2.74. The Labute approximate surface area is 101 Å². The molecule has 0 fully saturated rings. The van der Waals surface area contributed by atoms with Crippen LogP contribution in [0.25, 0.3) is 0 Å². The van der Waals surface area contributed by atoms with Crippen LogP contribution in [0.2, 0.25) is 0 Å². The number of carbonyl (C=O) groups is 1. The molecule has 0 spiro atoms. The highest BCUT2D eigenvalue weighted by molar-refractivity contribution is 5.85. The van der Waals surface area contributed by atoms with E-state index in [0.717, 1.165) is 0 Å². The Morgan fingerprint density at radius 2 is 2.06 bits per heavy atom. The first-order chi connectivity index (χ1) is 7.83. The quantitative estimate of drug-likeness (QED) is 0.694. The summed E-state index contributed by atoms with van der Waals surface area (Å²) in [5.41, 5.74) is -0.122. The molecule has 5 heteroatoms. The number of nitrogens with zero attached hydrogens (tertiary/aromatic N) is 3. The molecule has 0 aliphatic heterocycles. The van der Waals surface area contributed by atoms with Gasteiger partial charge in [-0.1, -0.05) is 0 Å². The van der Waals surface area contributed by atoms with Crippen LogP contribution in [0.5, 0.6) is 0 Å². The van der Waals surface area contributed by atoms with Gasteiger partial charge >= 0.3 is 6.09 Å². The summed E-state index contributed by atoms with van der Waals surface area (Å²) in [7, 11) is 1.56. The van der Waals surface area contributed by atoms with Crippen molar-refractivity contribution in [3.63, 3.8) is 0 Å². The second-order valence-electron chi connectivity index (χ2n) is 4.44. The van der Waals surface area contributed by atoms with Crippen LogP contribution in [0, 0.1) is 12.3 Å². The van der Waals surface area contributed by atoms with Crippen molar-refractivity contribution in [1.82, 2.24) is 9.97 Å². The molecule has 0 aliphatic carbocycles. The van der Waals surface area contributed by atoms with Crippen molar-refractivity contribution in [3.05, 3.63) is 18.1 Å². The van der Waals surface area contributed by atoms with Gasteiger partial charge in [-0.15, -0.1) is 6.42 Å². The molecule has 1 aromatic rings. The first-order valence-corrected chi connectivity index (χ1v) is 5.09. The molecule has 0 N–H and O–H groups in total. The van der Waals surface area contributed by atoms with Crippen molar-refractivity contribution in [1.29, 1.82) is 0 Å². The van der Waals surface area contributed by atoms with Crippen LogP contribution in [-0.2, 0) is 4.74 Å². The Morgan fingerprint density at radius 3 is 2.47 bits per heavy atom. The van der Waals surface area contributed by atoms with Gasteiger partial charge in [0.1, 0.15) is 11.3 Å². The molecule has 17 heavy (non-hydrogen) atoms. The van der Waals surface area contributed by atoms with Gasteiger partial charge in [0.25, 0.3) is 0 Å². The maximum absolute atomic E-state index is 11.7. The molecule has 0 unspecified atom stereocenters. The lowest BCUT2D eigenvalue weighted by atomic mass is 10.2. The number of aromatic nitrogens is 2. The number of amides is 1. The molecule has 0 bridgehead atoms. The molecule has 1 amide bonds. The number of hydrogen-bond acceptors (Lipinski definition) is 4. The van der Waals surface area contributed by atoms with Crippen molar-refractivity contribution in [2.45, 2.75) is 26.4 Å². The number of anilines is 1. The van der Waals surface area contributed by atoms with E-state index in [9.17, 15) is 4.79 Å². The molecule has 1 aromatic heterocycles. The van der Waals surface area contributed by atoms with Crippen LogP contribution < -0.4 is 4.90 Å². The predicted molar refractivity (Wildman–Crippen MR) is 64.6 cm³/mol. The van der Waals surface area contributed by atoms with Crippen molar-refractivity contribution in [2.24, 2.45) is 0 Å². The first-order valence-electron chi connectivity index (χ1n) is 5.09. The summed E-state index contributed by atoms with van der Waals surface area (Å²) in [6.45, 7) is 5.39. The fourth-order valence-corrected chi connectivity index (χ4v) is 0.993. The van der Waals surface area contributed by atoms with E-state index in [0.29, 0.717) is 11.5 Å². The van der Waals surface area contributed by atoms with Crippen LogP contribution in [-0.4, -0.2) is 28.7 Å². The first kappa shape index (κ1) is 13.0. The molecular formula is C12H15N3O2. The Morgan fingerprint density at radius 1 is 1.41 bits per heavy atom. The molecule has 5 nitrogen and oxygen atoms in total. The fraction of sp³-hybridized carbons (Fsp3) is 0.417. The van der Waals surface area contributed by atoms with Crippen LogP contribution in [0.3, 0.4) is 0 Å². The minimum Gasteiger partial charge on any atom is -0.443 e. The summed E-state index contributed by atoms with van der Waals surface area (Å²) in [4.78, 5) is 21.0. The largest absolute Gasteiger partial charge is 0.443 e. The van der Waals surface area contributed by atoms with Gasteiger partial charge in [0.2, 0.25) is 0 Å². The van der Waals surface area contributed by atoms with Gasteiger partial charge in [-0.2, -0.15) is 0 Å². The summed E-state index contributed by atoms with van der Waals surface area (Å²) in [6, 6.07) is 0. The van der Waals surface area contributed by atoms with Crippen LogP contribution in [0.15, 0.2) is 12.4 Å². The third-order valence-electron chi connectivity index (χ3n) is 1.80. The number of ether oxygens (including phenoxy) is 1. The lowest BCUT2D eigenvalue weighted by Gasteiger charge is -2.23. The van der Waals surface area contributed by atoms with E-state index in [1.807, 2.05) is 0 Å². The van der Waals surface area contributed by atoms with E-state index in [-0.39, 0.29) is 0 Å². The van der Waals surface area contributed by atoms with Gasteiger partial charge in [0.15, 0.2) is 5.82 Å². The Balaban J connectivity index is 2.79. The minimum absolute atomic E-state index is 0.387. The number of hydrogen-bond donors (Lipinski definition) is 0. The van der Waals surface area contributed by atoms with Crippen molar-refractivity contribution >= 4 is 11.9 Å². The van der Waals surface area contributed by atoms with Gasteiger partial charge in [-0.3, -0.25) is 4.90 Å². The third kappa shape index (κ3) is 3.76. The third-order valence-corrected chi connectivity index (χ3v) is 1.80. The van der Waals surface area contributed by atoms with Crippen LogP contribution in [0.4, 0.5) is 10.6 Å². The highest BCUT2D eigenvalue weighted by Crippen LogP contribution is 2.13. The number of rotatable bonds is 1. The van der Waals surface area contributed by atoms with Gasteiger partial charge in [-0.05, 0) is 26.7 Å². The molecular weight excluding hydrogens is 218 g/mol. The summed E-state index contributed by atoms with van der Waals surface area (Å²) >= 11 is 0. The van der Waals surface area contributed by atoms with E-state index in [4.69, 9.17) is 11.2 Å². The second kappa shape index (κ2) is 4.83.